The van der Waals surface area contributed by atoms with Crippen LogP contribution >= 0.6 is 11.6 Å². The Hall–Kier alpha value is -2.46. The van der Waals surface area contributed by atoms with Gasteiger partial charge in [0.2, 0.25) is 0 Å². The molecule has 4 rings (SSSR count). The van der Waals surface area contributed by atoms with Gasteiger partial charge in [-0.05, 0) is 60.4 Å². The second-order valence-corrected chi connectivity index (χ2v) is 6.03. The van der Waals surface area contributed by atoms with Crippen molar-refractivity contribution in [1.82, 2.24) is 5.16 Å². The van der Waals surface area contributed by atoms with Gasteiger partial charge in [0.15, 0.2) is 5.76 Å². The molecule has 3 aromatic rings. The number of aromatic amines is 1. The number of halogens is 1. The number of fused-ring (bicyclic) bond motifs is 1. The normalized spacial score (nSPS) is 16.3. The predicted molar refractivity (Wildman–Crippen MR) is 87.9 cm³/mol. The number of benzene rings is 2. The van der Waals surface area contributed by atoms with Crippen molar-refractivity contribution in [2.45, 2.75) is 18.9 Å². The van der Waals surface area contributed by atoms with Crippen molar-refractivity contribution in [3.8, 4) is 17.1 Å². The molecule has 1 heterocycles. The van der Waals surface area contributed by atoms with Crippen LogP contribution in [-0.2, 0) is 6.42 Å². The second kappa shape index (κ2) is 5.63. The average molecular weight is 328 g/mol. The van der Waals surface area contributed by atoms with Crippen LogP contribution in [0.25, 0.3) is 11.3 Å². The number of nitrogens with one attached hydrogen (secondary N) is 1. The Kier molecular flexibility index (Phi) is 3.46. The number of aromatic nitrogens is 1. The third-order valence-electron chi connectivity index (χ3n) is 4.07. The van der Waals surface area contributed by atoms with Crippen LogP contribution in [0.1, 0.15) is 23.7 Å². The Balaban J connectivity index is 1.55. The number of ether oxygens (including phenoxy) is 1. The molecule has 0 amide bonds. The van der Waals surface area contributed by atoms with Gasteiger partial charge in [-0.2, -0.15) is 5.16 Å². The topological polar surface area (TPSA) is 55.2 Å². The lowest BCUT2D eigenvalue weighted by molar-refractivity contribution is 0.207. The van der Waals surface area contributed by atoms with Crippen LogP contribution in [0.3, 0.4) is 0 Å². The third kappa shape index (κ3) is 2.78. The van der Waals surface area contributed by atoms with Gasteiger partial charge in [-0.15, -0.1) is 0 Å². The molecule has 0 spiro atoms. The Labute approximate surface area is 137 Å². The van der Waals surface area contributed by atoms with E-state index in [4.69, 9.17) is 20.9 Å². The standard InChI is InChI=1S/C18H14ClNO3/c19-13-5-1-11-4-8-16(15(11)9-13)22-14-6-2-12(3-7-14)17-10-18(21)20-23-17/h1-3,5-7,9-10,16H,4,8H2,(H,20,21). The van der Waals surface area contributed by atoms with Crippen LogP contribution in [-0.4, -0.2) is 5.16 Å². The molecule has 0 bridgehead atoms. The maximum atomic E-state index is 11.1. The van der Waals surface area contributed by atoms with Crippen LogP contribution in [0.15, 0.2) is 57.8 Å². The van der Waals surface area contributed by atoms with E-state index < -0.39 is 0 Å². The van der Waals surface area contributed by atoms with E-state index in [2.05, 4.69) is 11.2 Å². The fourth-order valence-corrected chi connectivity index (χ4v) is 3.13. The Bertz CT molecular complexity index is 895. The van der Waals surface area contributed by atoms with Crippen molar-refractivity contribution in [3.05, 3.63) is 75.0 Å². The van der Waals surface area contributed by atoms with Crippen LogP contribution in [0, 0.1) is 0 Å². The summed E-state index contributed by atoms with van der Waals surface area (Å²) in [6.07, 6.45) is 1.98. The fourth-order valence-electron chi connectivity index (χ4n) is 2.95. The number of aryl methyl sites for hydroxylation is 1. The minimum Gasteiger partial charge on any atom is -0.486 e. The first-order valence-corrected chi connectivity index (χ1v) is 7.81. The van der Waals surface area contributed by atoms with Gasteiger partial charge in [0.1, 0.15) is 11.9 Å². The van der Waals surface area contributed by atoms with Crippen molar-refractivity contribution in [3.63, 3.8) is 0 Å². The molecule has 0 saturated heterocycles. The van der Waals surface area contributed by atoms with Gasteiger partial charge in [0, 0.05) is 10.6 Å². The number of hydrogen-bond acceptors (Lipinski definition) is 3. The molecular weight excluding hydrogens is 314 g/mol. The molecule has 0 aliphatic heterocycles. The van der Waals surface area contributed by atoms with Crippen molar-refractivity contribution < 1.29 is 9.26 Å². The van der Waals surface area contributed by atoms with Crippen LogP contribution in [0.4, 0.5) is 0 Å². The Morgan fingerprint density at radius 1 is 1.13 bits per heavy atom. The van der Waals surface area contributed by atoms with Crippen LogP contribution in [0.5, 0.6) is 5.75 Å². The zero-order valence-corrected chi connectivity index (χ0v) is 13.0. The van der Waals surface area contributed by atoms with E-state index in [1.807, 2.05) is 36.4 Å². The fraction of sp³-hybridized carbons (Fsp3) is 0.167. The molecule has 116 valence electrons. The summed E-state index contributed by atoms with van der Waals surface area (Å²) in [7, 11) is 0. The minimum absolute atomic E-state index is 0.0275. The molecule has 0 saturated carbocycles. The first kappa shape index (κ1) is 14.2. The highest BCUT2D eigenvalue weighted by Crippen LogP contribution is 2.36. The molecular formula is C18H14ClNO3. The molecule has 0 fully saturated rings. The maximum absolute atomic E-state index is 11.1. The largest absolute Gasteiger partial charge is 0.486 e. The van der Waals surface area contributed by atoms with E-state index in [-0.39, 0.29) is 11.7 Å². The van der Waals surface area contributed by atoms with Crippen molar-refractivity contribution in [1.29, 1.82) is 0 Å². The second-order valence-electron chi connectivity index (χ2n) is 5.59. The molecule has 1 atom stereocenters. The monoisotopic (exact) mass is 327 g/mol. The lowest BCUT2D eigenvalue weighted by Gasteiger charge is -2.15. The van der Waals surface area contributed by atoms with Crippen LogP contribution < -0.4 is 10.3 Å². The zero-order valence-electron chi connectivity index (χ0n) is 12.2. The number of hydrogen-bond donors (Lipinski definition) is 1. The summed E-state index contributed by atoms with van der Waals surface area (Å²) in [6, 6.07) is 14.9. The average Bonchev–Trinajstić information content (AvgIpc) is 3.15. The Morgan fingerprint density at radius 3 is 2.70 bits per heavy atom. The van der Waals surface area contributed by atoms with E-state index in [0.29, 0.717) is 5.76 Å². The van der Waals surface area contributed by atoms with Gasteiger partial charge in [-0.1, -0.05) is 17.7 Å². The van der Waals surface area contributed by atoms with Gasteiger partial charge in [0.05, 0.1) is 6.07 Å². The van der Waals surface area contributed by atoms with E-state index in [9.17, 15) is 4.79 Å². The van der Waals surface area contributed by atoms with Gasteiger partial charge in [-0.3, -0.25) is 4.79 Å². The smallest absolute Gasteiger partial charge is 0.280 e. The zero-order chi connectivity index (χ0) is 15.8. The maximum Gasteiger partial charge on any atom is 0.280 e. The SMILES string of the molecule is O=c1cc(-c2ccc(OC3CCc4ccc(Cl)cc43)cc2)o[nH]1. The first-order valence-electron chi connectivity index (χ1n) is 7.43. The third-order valence-corrected chi connectivity index (χ3v) is 4.31. The van der Waals surface area contributed by atoms with Gasteiger partial charge < -0.3 is 9.26 Å². The van der Waals surface area contributed by atoms with Crippen molar-refractivity contribution in [2.75, 3.05) is 0 Å². The summed E-state index contributed by atoms with van der Waals surface area (Å²) in [4.78, 5) is 11.1. The summed E-state index contributed by atoms with van der Waals surface area (Å²) in [5.74, 6) is 1.30. The predicted octanol–water partition coefficient (Wildman–Crippen LogP) is 4.35. The number of H-pyrrole nitrogens is 1. The lowest BCUT2D eigenvalue weighted by atomic mass is 10.1. The molecule has 23 heavy (non-hydrogen) atoms. The van der Waals surface area contributed by atoms with E-state index >= 15 is 0 Å². The molecule has 4 nitrogen and oxygen atoms in total. The molecule has 1 aliphatic carbocycles. The van der Waals surface area contributed by atoms with Gasteiger partial charge in [0.25, 0.3) is 5.56 Å². The summed E-state index contributed by atoms with van der Waals surface area (Å²) < 4.78 is 11.2. The molecule has 5 heteroatoms. The molecule has 1 aliphatic rings. The quantitative estimate of drug-likeness (QED) is 0.778. The van der Waals surface area contributed by atoms with E-state index in [1.54, 1.807) is 0 Å². The summed E-state index contributed by atoms with van der Waals surface area (Å²) in [6.45, 7) is 0. The van der Waals surface area contributed by atoms with Crippen LogP contribution in [0.2, 0.25) is 5.02 Å². The molecule has 1 aromatic heterocycles. The van der Waals surface area contributed by atoms with Crippen molar-refractivity contribution in [2.24, 2.45) is 0 Å². The van der Waals surface area contributed by atoms with Gasteiger partial charge in [-0.25, -0.2) is 0 Å². The highest BCUT2D eigenvalue weighted by molar-refractivity contribution is 6.30. The lowest BCUT2D eigenvalue weighted by Crippen LogP contribution is -2.03. The highest BCUT2D eigenvalue weighted by Gasteiger charge is 2.24. The molecule has 1 unspecified atom stereocenters. The Morgan fingerprint density at radius 2 is 1.96 bits per heavy atom. The summed E-state index contributed by atoms with van der Waals surface area (Å²) in [5.41, 5.74) is 3.04. The minimum atomic E-state index is -0.250. The molecule has 2 aromatic carbocycles. The van der Waals surface area contributed by atoms with E-state index in [0.717, 1.165) is 29.2 Å². The first-order chi connectivity index (χ1) is 11.2. The summed E-state index contributed by atoms with van der Waals surface area (Å²) >= 11 is 6.09. The molecule has 1 N–H and O–H groups in total. The highest BCUT2D eigenvalue weighted by atomic mass is 35.5. The van der Waals surface area contributed by atoms with Crippen molar-refractivity contribution >= 4 is 11.6 Å². The summed E-state index contributed by atoms with van der Waals surface area (Å²) in [5, 5.41) is 3.02. The number of rotatable bonds is 3. The van der Waals surface area contributed by atoms with E-state index in [1.165, 1.54) is 17.2 Å². The molecule has 0 radical (unpaired) electrons. The van der Waals surface area contributed by atoms with Gasteiger partial charge >= 0.3 is 0 Å².